The van der Waals surface area contributed by atoms with Crippen molar-refractivity contribution in [3.8, 4) is 22.3 Å². The molecule has 6 aliphatic rings. The number of hydrogen-bond donors (Lipinski definition) is 0. The molecule has 0 aliphatic heterocycles. The summed E-state index contributed by atoms with van der Waals surface area (Å²) in [5.74, 6) is 2.68. The van der Waals surface area contributed by atoms with Gasteiger partial charge in [0.25, 0.3) is 0 Å². The second-order valence-corrected chi connectivity index (χ2v) is 26.1. The molecule has 4 fully saturated rings. The monoisotopic (exact) mass is 1080 g/mol. The first-order valence-electron chi connectivity index (χ1n) is 32.5. The van der Waals surface area contributed by atoms with Crippen LogP contribution in [0.5, 0.6) is 0 Å². The fourth-order valence-corrected chi connectivity index (χ4v) is 17.1. The zero-order chi connectivity index (χ0) is 54.8. The molecule has 83 heavy (non-hydrogen) atoms. The van der Waals surface area contributed by atoms with Crippen LogP contribution in [0, 0.1) is 0 Å². The summed E-state index contributed by atoms with van der Waals surface area (Å²) in [6, 6.07) is 82.1. The molecule has 0 atom stereocenters. The zero-order valence-corrected chi connectivity index (χ0v) is 48.5. The number of rotatable bonds is 10. The second-order valence-electron chi connectivity index (χ2n) is 26.1. The summed E-state index contributed by atoms with van der Waals surface area (Å²) < 4.78 is 0. The van der Waals surface area contributed by atoms with Crippen molar-refractivity contribution in [3.05, 3.63) is 251 Å². The molecule has 10 aromatic carbocycles. The minimum Gasteiger partial charge on any atom is -0.310 e. The topological polar surface area (TPSA) is 6.48 Å². The number of hydrogen-bond acceptors (Lipinski definition) is 2. The van der Waals surface area contributed by atoms with E-state index in [0.717, 1.165) is 0 Å². The molecular weight excluding hydrogens is 1000 g/mol. The molecule has 0 N–H and O–H groups in total. The summed E-state index contributed by atoms with van der Waals surface area (Å²) in [6.07, 6.45) is 26.7. The number of fused-ring (bicyclic) bond motifs is 12. The van der Waals surface area contributed by atoms with Gasteiger partial charge in [-0.3, -0.25) is 0 Å². The largest absolute Gasteiger partial charge is 0.310 e. The van der Waals surface area contributed by atoms with Crippen LogP contribution < -0.4 is 9.80 Å². The van der Waals surface area contributed by atoms with Crippen LogP contribution in [0.15, 0.2) is 206 Å². The Bertz CT molecular complexity index is 3610. The van der Waals surface area contributed by atoms with Crippen molar-refractivity contribution in [1.29, 1.82) is 0 Å². The van der Waals surface area contributed by atoms with Gasteiger partial charge in [-0.25, -0.2) is 0 Å². The Morgan fingerprint density at radius 2 is 0.518 bits per heavy atom. The van der Waals surface area contributed by atoms with Crippen molar-refractivity contribution in [2.75, 3.05) is 9.80 Å². The highest BCUT2D eigenvalue weighted by molar-refractivity contribution is 6.04. The molecule has 412 valence electrons. The first-order valence-corrected chi connectivity index (χ1v) is 32.5. The van der Waals surface area contributed by atoms with Crippen molar-refractivity contribution in [1.82, 2.24) is 0 Å². The average molecular weight is 1080 g/mol. The number of anilines is 6. The van der Waals surface area contributed by atoms with Crippen LogP contribution in [-0.4, -0.2) is 0 Å². The Labute approximate surface area is 493 Å². The fourth-order valence-electron chi connectivity index (χ4n) is 17.1. The Morgan fingerprint density at radius 3 is 0.831 bits per heavy atom. The molecule has 0 aromatic heterocycles. The van der Waals surface area contributed by atoms with Crippen LogP contribution in [0.2, 0.25) is 0 Å². The molecule has 0 unspecified atom stereocenters. The lowest BCUT2D eigenvalue weighted by atomic mass is 9.70. The van der Waals surface area contributed by atoms with E-state index in [1.165, 1.54) is 251 Å². The molecular formula is C81H78N2. The molecule has 16 rings (SSSR count). The first-order chi connectivity index (χ1) is 41.1. The Morgan fingerprint density at radius 1 is 0.229 bits per heavy atom. The van der Waals surface area contributed by atoms with Gasteiger partial charge >= 0.3 is 0 Å². The first kappa shape index (κ1) is 51.0. The van der Waals surface area contributed by atoms with Gasteiger partial charge < -0.3 is 9.80 Å². The van der Waals surface area contributed by atoms with Crippen molar-refractivity contribution >= 4 is 55.7 Å². The number of benzene rings is 10. The van der Waals surface area contributed by atoms with Crippen LogP contribution in [-0.2, 0) is 5.41 Å². The summed E-state index contributed by atoms with van der Waals surface area (Å²) in [4.78, 5) is 5.05. The van der Waals surface area contributed by atoms with Gasteiger partial charge in [-0.1, -0.05) is 186 Å². The Kier molecular flexibility index (Phi) is 13.2. The maximum absolute atomic E-state index is 2.59. The van der Waals surface area contributed by atoms with Crippen molar-refractivity contribution < 1.29 is 0 Å². The zero-order valence-electron chi connectivity index (χ0n) is 48.5. The quantitative estimate of drug-likeness (QED) is 0.135. The summed E-state index contributed by atoms with van der Waals surface area (Å²) in [5.41, 5.74) is 23.6. The molecule has 4 saturated carbocycles. The lowest BCUT2D eigenvalue weighted by Gasteiger charge is -2.31. The molecule has 10 aromatic rings. The van der Waals surface area contributed by atoms with Gasteiger partial charge in [0.15, 0.2) is 0 Å². The summed E-state index contributed by atoms with van der Waals surface area (Å²) in [6.45, 7) is 0. The minimum atomic E-state index is -0.501. The molecule has 0 radical (unpaired) electrons. The third-order valence-electron chi connectivity index (χ3n) is 21.4. The number of nitrogens with zero attached hydrogens (tertiary/aromatic N) is 2. The average Bonchev–Trinajstić information content (AvgIpc) is 1.76. The van der Waals surface area contributed by atoms with Gasteiger partial charge in [-0.05, 0) is 260 Å². The van der Waals surface area contributed by atoms with Gasteiger partial charge in [0.2, 0.25) is 0 Å². The molecule has 2 nitrogen and oxygen atoms in total. The lowest BCUT2D eigenvalue weighted by Crippen LogP contribution is -2.25. The van der Waals surface area contributed by atoms with E-state index >= 15 is 0 Å². The second kappa shape index (κ2) is 21.5. The maximum atomic E-state index is 2.59. The third-order valence-corrected chi connectivity index (χ3v) is 21.4. The highest BCUT2D eigenvalue weighted by Crippen LogP contribution is 2.64. The Balaban J connectivity index is 0.837. The van der Waals surface area contributed by atoms with E-state index in [-0.39, 0.29) is 0 Å². The van der Waals surface area contributed by atoms with Gasteiger partial charge in [0, 0.05) is 34.1 Å². The molecule has 0 bridgehead atoms. The van der Waals surface area contributed by atoms with Gasteiger partial charge in [0.1, 0.15) is 0 Å². The standard InChI is InChI=1S/C81H78N2/c1-5-17-55(18-6-1)59-29-39-67(40-30-59)82(68-41-31-60(32-42-68)56-19-7-2-8-20-56)71-47-37-63-51-75-76-52-64-38-48-72(50-66(64)54-80(76)81(79(75)53-65(63)49-71)77-27-15-13-25-73(77)74-26-14-16-28-78(74)81)83(69-43-33-61(34-44-69)57-21-9-3-10-22-57)70-45-35-62(36-46-70)58-23-11-4-12-24-58/h13-16,25-58H,1-12,17-24H2. The predicted octanol–water partition coefficient (Wildman–Crippen LogP) is 23.5. The van der Waals surface area contributed by atoms with Crippen molar-refractivity contribution in [2.24, 2.45) is 0 Å². The maximum Gasteiger partial charge on any atom is 0.0725 e. The normalized spacial score (nSPS) is 18.0. The predicted molar refractivity (Wildman–Crippen MR) is 350 cm³/mol. The molecule has 1 spiro atoms. The van der Waals surface area contributed by atoms with E-state index in [9.17, 15) is 0 Å². The van der Waals surface area contributed by atoms with Crippen molar-refractivity contribution in [2.45, 2.75) is 158 Å². The van der Waals surface area contributed by atoms with Gasteiger partial charge in [-0.2, -0.15) is 0 Å². The SMILES string of the molecule is c1ccc2c(c1)-c1ccccc1C21c2cc3cc(N(c4ccc(C5CCCCC5)cc4)c4ccc(C5CCCCC5)cc4)ccc3cc2-c2cc3ccc(N(c4ccc(C5CCCCC5)cc4)c4ccc(C5CCCCC5)cc4)cc3cc21. The van der Waals surface area contributed by atoms with Crippen molar-refractivity contribution in [3.63, 3.8) is 0 Å². The van der Waals surface area contributed by atoms with Gasteiger partial charge in [0.05, 0.1) is 5.41 Å². The highest BCUT2D eigenvalue weighted by Gasteiger charge is 2.52. The van der Waals surface area contributed by atoms with Crippen LogP contribution in [0.4, 0.5) is 34.1 Å². The van der Waals surface area contributed by atoms with Crippen LogP contribution in [0.3, 0.4) is 0 Å². The molecule has 0 amide bonds. The highest BCUT2D eigenvalue weighted by atomic mass is 15.1. The lowest BCUT2D eigenvalue weighted by molar-refractivity contribution is 0.443. The Hall–Kier alpha value is -7.68. The fraction of sp³-hybridized carbons (Fsp3) is 0.309. The summed E-state index contributed by atoms with van der Waals surface area (Å²) in [7, 11) is 0. The van der Waals surface area contributed by atoms with Gasteiger partial charge in [-0.15, -0.1) is 0 Å². The van der Waals surface area contributed by atoms with E-state index in [0.29, 0.717) is 23.7 Å². The van der Waals surface area contributed by atoms with Crippen LogP contribution in [0.1, 0.15) is 197 Å². The smallest absolute Gasteiger partial charge is 0.0725 e. The van der Waals surface area contributed by atoms with E-state index in [1.54, 1.807) is 0 Å². The molecule has 6 aliphatic carbocycles. The molecule has 0 heterocycles. The third kappa shape index (κ3) is 8.96. The minimum absolute atomic E-state index is 0.501. The van der Waals surface area contributed by atoms with Crippen LogP contribution >= 0.6 is 0 Å². The van der Waals surface area contributed by atoms with E-state index in [4.69, 9.17) is 0 Å². The molecule has 0 saturated heterocycles. The van der Waals surface area contributed by atoms with E-state index < -0.39 is 5.41 Å². The van der Waals surface area contributed by atoms with E-state index in [1.807, 2.05) is 0 Å². The summed E-state index contributed by atoms with van der Waals surface area (Å²) in [5, 5.41) is 5.07. The van der Waals surface area contributed by atoms with E-state index in [2.05, 4.69) is 216 Å². The van der Waals surface area contributed by atoms with Crippen LogP contribution in [0.25, 0.3) is 43.8 Å². The molecule has 2 heteroatoms. The summed E-state index contributed by atoms with van der Waals surface area (Å²) >= 11 is 0.